The van der Waals surface area contributed by atoms with Crippen molar-refractivity contribution in [2.24, 2.45) is 0 Å². The average molecular weight is 612 g/mol. The molecule has 4 amide bonds. The molecule has 0 bridgehead atoms. The number of piperazine rings is 1. The second-order valence-corrected chi connectivity index (χ2v) is 11.9. The van der Waals surface area contributed by atoms with Gasteiger partial charge in [0.05, 0.1) is 29.9 Å². The van der Waals surface area contributed by atoms with Gasteiger partial charge in [-0.2, -0.15) is 5.01 Å². The molecular formula is C32H33N7O4S. The third-order valence-corrected chi connectivity index (χ3v) is 8.80. The summed E-state index contributed by atoms with van der Waals surface area (Å²) in [6.45, 7) is 4.71. The maximum Gasteiger partial charge on any atom is 0.332 e. The van der Waals surface area contributed by atoms with Gasteiger partial charge in [-0.3, -0.25) is 14.6 Å². The lowest BCUT2D eigenvalue weighted by atomic mass is 9.99. The van der Waals surface area contributed by atoms with Crippen molar-refractivity contribution in [1.29, 1.82) is 0 Å². The Morgan fingerprint density at radius 3 is 2.61 bits per heavy atom. The predicted molar refractivity (Wildman–Crippen MR) is 168 cm³/mol. The van der Waals surface area contributed by atoms with Gasteiger partial charge < -0.3 is 26.0 Å². The Kier molecular flexibility index (Phi) is 8.18. The number of carbonyl (C=O) groups excluding carboxylic acids is 3. The van der Waals surface area contributed by atoms with Gasteiger partial charge in [0, 0.05) is 19.5 Å². The maximum absolute atomic E-state index is 14.1. The minimum atomic E-state index is -0.812. The fraction of sp³-hybridized carbons (Fsp3) is 0.250. The van der Waals surface area contributed by atoms with E-state index < -0.39 is 12.2 Å². The van der Waals surface area contributed by atoms with Crippen LogP contribution in [0.4, 0.5) is 9.93 Å². The van der Waals surface area contributed by atoms with Gasteiger partial charge in [-0.15, -0.1) is 6.58 Å². The first-order chi connectivity index (χ1) is 21.3. The van der Waals surface area contributed by atoms with Gasteiger partial charge in [-0.05, 0) is 34.9 Å². The number of phenols is 1. The molecule has 0 radical (unpaired) electrons. The molecule has 0 aliphatic carbocycles. The van der Waals surface area contributed by atoms with Crippen LogP contribution in [0.1, 0.15) is 16.7 Å². The molecule has 2 aliphatic rings. The Morgan fingerprint density at radius 2 is 1.86 bits per heavy atom. The number of nitrogens with one attached hydrogen (secondary N) is 1. The number of hydrazine groups is 1. The lowest BCUT2D eigenvalue weighted by Gasteiger charge is -2.46. The quantitative estimate of drug-likeness (QED) is 0.247. The second kappa shape index (κ2) is 12.3. The van der Waals surface area contributed by atoms with Crippen molar-refractivity contribution in [3.05, 3.63) is 102 Å². The van der Waals surface area contributed by atoms with Crippen LogP contribution in [0.5, 0.6) is 5.75 Å². The fourth-order valence-corrected chi connectivity index (χ4v) is 6.68. The standard InChI is InChI=1S/C32H33N7O4S/c1-2-15-37(32(43)34-17-22-7-4-3-5-8-22)38-20-28(41)39-25(16-21-11-13-24(40)14-12-21)30(42)36(19-27(38)39)18-23-9-6-10-26-29(23)35-31(33)44-26/h2-14,25,27,40H,1,15-20H2,(H2,33,35)(H,34,43)/t25-,27+/m0/s1. The van der Waals surface area contributed by atoms with Crippen LogP contribution >= 0.6 is 11.3 Å². The van der Waals surface area contributed by atoms with Crippen molar-refractivity contribution in [2.45, 2.75) is 31.7 Å². The first-order valence-corrected chi connectivity index (χ1v) is 15.1. The van der Waals surface area contributed by atoms with E-state index >= 15 is 0 Å². The van der Waals surface area contributed by atoms with Crippen molar-refractivity contribution < 1.29 is 19.5 Å². The van der Waals surface area contributed by atoms with Crippen molar-refractivity contribution >= 4 is 44.5 Å². The number of hydrogen-bond acceptors (Lipinski definition) is 8. The zero-order valence-corrected chi connectivity index (χ0v) is 24.8. The molecule has 4 N–H and O–H groups in total. The molecule has 2 aliphatic heterocycles. The molecule has 12 heteroatoms. The van der Waals surface area contributed by atoms with E-state index in [9.17, 15) is 19.5 Å². The summed E-state index contributed by atoms with van der Waals surface area (Å²) in [5.74, 6) is -0.330. The van der Waals surface area contributed by atoms with Gasteiger partial charge in [0.1, 0.15) is 18.0 Å². The van der Waals surface area contributed by atoms with E-state index in [1.165, 1.54) is 16.3 Å². The van der Waals surface area contributed by atoms with Crippen molar-refractivity contribution in [3.63, 3.8) is 0 Å². The van der Waals surface area contributed by atoms with E-state index in [4.69, 9.17) is 5.73 Å². The highest BCUT2D eigenvalue weighted by Gasteiger charge is 2.52. The monoisotopic (exact) mass is 611 g/mol. The van der Waals surface area contributed by atoms with E-state index in [-0.39, 0.29) is 56.2 Å². The van der Waals surface area contributed by atoms with Crippen LogP contribution in [-0.4, -0.2) is 79.6 Å². The van der Waals surface area contributed by atoms with Gasteiger partial charge in [-0.25, -0.2) is 9.78 Å². The third-order valence-electron chi connectivity index (χ3n) is 7.95. The number of phenolic OH excluding ortho intramolecular Hbond substituents is 1. The number of nitrogen functional groups attached to an aromatic ring is 1. The Bertz CT molecular complexity index is 1690. The maximum atomic E-state index is 14.1. The molecule has 0 unspecified atom stereocenters. The van der Waals surface area contributed by atoms with Crippen molar-refractivity contribution in [3.8, 4) is 5.75 Å². The molecule has 3 heterocycles. The molecule has 11 nitrogen and oxygen atoms in total. The van der Waals surface area contributed by atoms with Crippen molar-refractivity contribution in [1.82, 2.24) is 30.1 Å². The van der Waals surface area contributed by atoms with Crippen molar-refractivity contribution in [2.75, 3.05) is 25.4 Å². The number of nitrogens with zero attached hydrogens (tertiary/aromatic N) is 5. The molecule has 226 valence electrons. The number of carbonyl (C=O) groups is 3. The summed E-state index contributed by atoms with van der Waals surface area (Å²) in [5, 5.41) is 16.4. The summed E-state index contributed by atoms with van der Waals surface area (Å²) < 4.78 is 0.927. The third kappa shape index (κ3) is 5.81. The second-order valence-electron chi connectivity index (χ2n) is 10.8. The number of anilines is 1. The smallest absolute Gasteiger partial charge is 0.332 e. The van der Waals surface area contributed by atoms with E-state index in [1.54, 1.807) is 45.2 Å². The van der Waals surface area contributed by atoms with Gasteiger partial charge >= 0.3 is 6.03 Å². The Morgan fingerprint density at radius 1 is 1.09 bits per heavy atom. The van der Waals surface area contributed by atoms with Crippen LogP contribution in [0.15, 0.2) is 85.5 Å². The zero-order valence-electron chi connectivity index (χ0n) is 24.0. The molecule has 1 aromatic heterocycles. The summed E-state index contributed by atoms with van der Waals surface area (Å²) in [5.41, 5.74) is 9.33. The normalized spacial score (nSPS) is 18.5. The molecule has 4 aromatic rings. The number of nitrogens with two attached hydrogens (primary N) is 1. The van der Waals surface area contributed by atoms with E-state index in [2.05, 4.69) is 16.9 Å². The first kappa shape index (κ1) is 29.1. The summed E-state index contributed by atoms with van der Waals surface area (Å²) in [6, 6.07) is 20.8. The Balaban J connectivity index is 1.32. The summed E-state index contributed by atoms with van der Waals surface area (Å²) >= 11 is 1.39. The van der Waals surface area contributed by atoms with Crippen LogP contribution in [-0.2, 0) is 29.1 Å². The number of fused-ring (bicyclic) bond motifs is 2. The lowest BCUT2D eigenvalue weighted by molar-refractivity contribution is -0.157. The number of urea groups is 1. The number of hydrogen-bond donors (Lipinski definition) is 3. The molecule has 44 heavy (non-hydrogen) atoms. The molecule has 0 saturated carbocycles. The highest BCUT2D eigenvalue weighted by Crippen LogP contribution is 2.32. The summed E-state index contributed by atoms with van der Waals surface area (Å²) in [6.07, 6.45) is 1.27. The molecule has 0 spiro atoms. The molecule has 3 aromatic carbocycles. The SMILES string of the molecule is C=CCN(C(=O)NCc1ccccc1)N1CC(=O)N2[C@@H](Cc3ccc(O)cc3)C(=O)N(Cc3cccc4sc(N)nc34)C[C@@H]21. The van der Waals surface area contributed by atoms with Gasteiger partial charge in [0.15, 0.2) is 5.13 Å². The molecule has 6 rings (SSSR count). The van der Waals surface area contributed by atoms with E-state index in [0.29, 0.717) is 11.7 Å². The molecule has 2 fully saturated rings. The highest BCUT2D eigenvalue weighted by atomic mass is 32.1. The number of aromatic nitrogens is 1. The molecular weight excluding hydrogens is 578 g/mol. The number of thiazole rings is 1. The van der Waals surface area contributed by atoms with Gasteiger partial charge in [0.2, 0.25) is 11.8 Å². The van der Waals surface area contributed by atoms with Gasteiger partial charge in [0.25, 0.3) is 0 Å². The Hall–Kier alpha value is -4.94. The molecule has 2 saturated heterocycles. The van der Waals surface area contributed by atoms with E-state index in [0.717, 1.165) is 26.9 Å². The summed E-state index contributed by atoms with van der Waals surface area (Å²) in [4.78, 5) is 49.2. The first-order valence-electron chi connectivity index (χ1n) is 14.3. The number of amides is 4. The molecule has 2 atom stereocenters. The van der Waals surface area contributed by atoms with Crippen LogP contribution in [0.2, 0.25) is 0 Å². The number of para-hydroxylation sites is 1. The zero-order chi connectivity index (χ0) is 30.8. The minimum absolute atomic E-state index is 0.0668. The average Bonchev–Trinajstić information content (AvgIpc) is 3.57. The lowest BCUT2D eigenvalue weighted by Crippen LogP contribution is -2.66. The number of benzene rings is 3. The summed E-state index contributed by atoms with van der Waals surface area (Å²) in [7, 11) is 0. The Labute approximate surface area is 258 Å². The van der Waals surface area contributed by atoms with Crippen LogP contribution in [0.3, 0.4) is 0 Å². The van der Waals surface area contributed by atoms with Gasteiger partial charge in [-0.1, -0.05) is 72.0 Å². The van der Waals surface area contributed by atoms with Crippen LogP contribution in [0, 0.1) is 0 Å². The highest BCUT2D eigenvalue weighted by molar-refractivity contribution is 7.22. The largest absolute Gasteiger partial charge is 0.508 e. The number of aromatic hydroxyl groups is 1. The van der Waals surface area contributed by atoms with Crippen LogP contribution < -0.4 is 11.1 Å². The van der Waals surface area contributed by atoms with Crippen LogP contribution in [0.25, 0.3) is 10.2 Å². The fourth-order valence-electron chi connectivity index (χ4n) is 5.89. The number of rotatable bonds is 9. The minimum Gasteiger partial charge on any atom is -0.508 e. The van der Waals surface area contributed by atoms with E-state index in [1.807, 2.05) is 48.5 Å². The topological polar surface area (TPSA) is 135 Å². The predicted octanol–water partition coefficient (Wildman–Crippen LogP) is 3.32.